The minimum Gasteiger partial charge on any atom is -0.483 e. The summed E-state index contributed by atoms with van der Waals surface area (Å²) in [6.45, 7) is 1.66. The van der Waals surface area contributed by atoms with Crippen LogP contribution in [0.4, 0.5) is 4.79 Å². The van der Waals surface area contributed by atoms with E-state index in [9.17, 15) is 14.4 Å². The summed E-state index contributed by atoms with van der Waals surface area (Å²) in [5.74, 6) is -0.820. The van der Waals surface area contributed by atoms with Crippen molar-refractivity contribution >= 4 is 29.4 Å². The number of benzene rings is 1. The van der Waals surface area contributed by atoms with Crippen molar-refractivity contribution in [1.82, 2.24) is 10.6 Å². The second kappa shape index (κ2) is 8.71. The molecule has 4 N–H and O–H groups in total. The molecule has 1 aliphatic carbocycles. The van der Waals surface area contributed by atoms with Crippen molar-refractivity contribution in [3.8, 4) is 5.75 Å². The Labute approximate surface area is 151 Å². The standard InChI is InChI=1S/C17H22ClN3O4/c1-10-4-2-3-5-13(10)20-17(24)21-15(22)9-25-14-7-6-11(18)8-12(14)16(19)23/h6-8,10,13H,2-5,9H2,1H3,(H2,19,23)(H2,20,21,22,24)/t10-,13+/m1/s1. The van der Waals surface area contributed by atoms with Crippen LogP contribution in [0.25, 0.3) is 0 Å². The molecule has 2 atom stereocenters. The number of nitrogens with two attached hydrogens (primary N) is 1. The van der Waals surface area contributed by atoms with Gasteiger partial charge in [0.15, 0.2) is 6.61 Å². The quantitative estimate of drug-likeness (QED) is 0.740. The molecule has 1 aromatic carbocycles. The number of imide groups is 1. The van der Waals surface area contributed by atoms with Crippen molar-refractivity contribution in [2.24, 2.45) is 11.7 Å². The van der Waals surface area contributed by atoms with Gasteiger partial charge in [-0.25, -0.2) is 4.79 Å². The average Bonchev–Trinajstić information content (AvgIpc) is 2.55. The number of nitrogens with one attached hydrogen (secondary N) is 2. The summed E-state index contributed by atoms with van der Waals surface area (Å²) in [5, 5.41) is 5.36. The van der Waals surface area contributed by atoms with Gasteiger partial charge in [0.2, 0.25) is 0 Å². The summed E-state index contributed by atoms with van der Waals surface area (Å²) in [4.78, 5) is 35.1. The van der Waals surface area contributed by atoms with Gasteiger partial charge in [-0.15, -0.1) is 0 Å². The molecule has 8 heteroatoms. The largest absolute Gasteiger partial charge is 0.483 e. The van der Waals surface area contributed by atoms with Gasteiger partial charge >= 0.3 is 6.03 Å². The predicted molar refractivity (Wildman–Crippen MR) is 93.6 cm³/mol. The molecule has 1 aliphatic rings. The molecule has 0 bridgehead atoms. The van der Waals surface area contributed by atoms with Gasteiger partial charge in [-0.05, 0) is 37.0 Å². The molecule has 0 radical (unpaired) electrons. The number of hydrogen-bond donors (Lipinski definition) is 3. The van der Waals surface area contributed by atoms with Crippen LogP contribution in [0.2, 0.25) is 5.02 Å². The number of urea groups is 1. The molecule has 7 nitrogen and oxygen atoms in total. The third-order valence-electron chi connectivity index (χ3n) is 4.25. The molecule has 25 heavy (non-hydrogen) atoms. The van der Waals surface area contributed by atoms with Crippen molar-refractivity contribution < 1.29 is 19.1 Å². The molecule has 136 valence electrons. The zero-order valence-electron chi connectivity index (χ0n) is 14.0. The Morgan fingerprint density at radius 1 is 1.28 bits per heavy atom. The summed E-state index contributed by atoms with van der Waals surface area (Å²) in [6.07, 6.45) is 4.20. The smallest absolute Gasteiger partial charge is 0.321 e. The molecular formula is C17H22ClN3O4. The number of hydrogen-bond acceptors (Lipinski definition) is 4. The molecule has 4 amide bonds. The Hall–Kier alpha value is -2.28. The van der Waals surface area contributed by atoms with E-state index in [0.29, 0.717) is 10.9 Å². The second-order valence-electron chi connectivity index (χ2n) is 6.18. The fraction of sp³-hybridized carbons (Fsp3) is 0.471. The van der Waals surface area contributed by atoms with E-state index >= 15 is 0 Å². The number of ether oxygens (including phenoxy) is 1. The minimum atomic E-state index is -0.720. The van der Waals surface area contributed by atoms with E-state index in [2.05, 4.69) is 17.6 Å². The highest BCUT2D eigenvalue weighted by Crippen LogP contribution is 2.24. The van der Waals surface area contributed by atoms with Gasteiger partial charge in [0, 0.05) is 11.1 Å². The van der Waals surface area contributed by atoms with Crippen molar-refractivity contribution in [2.75, 3.05) is 6.61 Å². The van der Waals surface area contributed by atoms with Crippen LogP contribution in [0, 0.1) is 5.92 Å². The van der Waals surface area contributed by atoms with Crippen LogP contribution in [-0.4, -0.2) is 30.5 Å². The number of primary amides is 1. The van der Waals surface area contributed by atoms with Gasteiger partial charge in [-0.1, -0.05) is 31.4 Å². The van der Waals surface area contributed by atoms with Gasteiger partial charge in [0.1, 0.15) is 5.75 Å². The van der Waals surface area contributed by atoms with Gasteiger partial charge < -0.3 is 15.8 Å². The number of carbonyl (C=O) groups excluding carboxylic acids is 3. The Bertz CT molecular complexity index is 665. The topological polar surface area (TPSA) is 111 Å². The lowest BCUT2D eigenvalue weighted by Gasteiger charge is -2.29. The number of amides is 4. The van der Waals surface area contributed by atoms with Crippen LogP contribution in [0.1, 0.15) is 43.0 Å². The van der Waals surface area contributed by atoms with Gasteiger partial charge in [-0.2, -0.15) is 0 Å². The molecule has 0 saturated heterocycles. The van der Waals surface area contributed by atoms with E-state index < -0.39 is 24.5 Å². The molecule has 2 rings (SSSR count). The third kappa shape index (κ3) is 5.63. The zero-order valence-corrected chi connectivity index (χ0v) is 14.8. The maximum absolute atomic E-state index is 11.9. The average molecular weight is 368 g/mol. The first-order chi connectivity index (χ1) is 11.9. The van der Waals surface area contributed by atoms with Gasteiger partial charge in [0.25, 0.3) is 11.8 Å². The summed E-state index contributed by atoms with van der Waals surface area (Å²) in [5.41, 5.74) is 5.32. The van der Waals surface area contributed by atoms with Crippen molar-refractivity contribution in [3.63, 3.8) is 0 Å². The maximum Gasteiger partial charge on any atom is 0.321 e. The van der Waals surface area contributed by atoms with E-state index in [4.69, 9.17) is 22.1 Å². The lowest BCUT2D eigenvalue weighted by molar-refractivity contribution is -0.122. The first-order valence-electron chi connectivity index (χ1n) is 8.19. The molecule has 0 heterocycles. The van der Waals surface area contributed by atoms with E-state index in [1.807, 2.05) is 0 Å². The second-order valence-corrected chi connectivity index (χ2v) is 6.62. The summed E-state index contributed by atoms with van der Waals surface area (Å²) >= 11 is 5.80. The first kappa shape index (κ1) is 19.1. The Balaban J connectivity index is 1.84. The molecule has 0 spiro atoms. The fourth-order valence-corrected chi connectivity index (χ4v) is 3.03. The molecule has 1 aromatic rings. The first-order valence-corrected chi connectivity index (χ1v) is 8.57. The van der Waals surface area contributed by atoms with Crippen LogP contribution in [0.15, 0.2) is 18.2 Å². The Morgan fingerprint density at radius 3 is 2.68 bits per heavy atom. The van der Waals surface area contributed by atoms with Crippen molar-refractivity contribution in [1.29, 1.82) is 0 Å². The Morgan fingerprint density at radius 2 is 2.00 bits per heavy atom. The lowest BCUT2D eigenvalue weighted by Crippen LogP contribution is -2.48. The van der Waals surface area contributed by atoms with Crippen LogP contribution in [0.3, 0.4) is 0 Å². The minimum absolute atomic E-state index is 0.0696. The highest BCUT2D eigenvalue weighted by Gasteiger charge is 2.23. The van der Waals surface area contributed by atoms with E-state index in [1.54, 1.807) is 0 Å². The van der Waals surface area contributed by atoms with Gasteiger partial charge in [0.05, 0.1) is 5.56 Å². The number of halogens is 1. The summed E-state index contributed by atoms with van der Waals surface area (Å²) in [6, 6.07) is 3.84. The highest BCUT2D eigenvalue weighted by atomic mass is 35.5. The summed E-state index contributed by atoms with van der Waals surface area (Å²) in [7, 11) is 0. The van der Waals surface area contributed by atoms with Crippen LogP contribution in [0.5, 0.6) is 5.75 Å². The number of carbonyl (C=O) groups is 3. The van der Waals surface area contributed by atoms with Crippen LogP contribution in [-0.2, 0) is 4.79 Å². The molecular weight excluding hydrogens is 346 g/mol. The van der Waals surface area contributed by atoms with E-state index in [1.165, 1.54) is 18.2 Å². The van der Waals surface area contributed by atoms with Crippen LogP contribution >= 0.6 is 11.6 Å². The third-order valence-corrected chi connectivity index (χ3v) is 4.48. The van der Waals surface area contributed by atoms with Crippen molar-refractivity contribution in [2.45, 2.75) is 38.6 Å². The molecule has 0 aliphatic heterocycles. The predicted octanol–water partition coefficient (Wildman–Crippen LogP) is 2.22. The molecule has 0 aromatic heterocycles. The maximum atomic E-state index is 11.9. The van der Waals surface area contributed by atoms with Gasteiger partial charge in [-0.3, -0.25) is 14.9 Å². The number of rotatable bonds is 5. The monoisotopic (exact) mass is 367 g/mol. The lowest BCUT2D eigenvalue weighted by atomic mass is 9.86. The highest BCUT2D eigenvalue weighted by molar-refractivity contribution is 6.31. The van der Waals surface area contributed by atoms with Crippen molar-refractivity contribution in [3.05, 3.63) is 28.8 Å². The van der Waals surface area contributed by atoms with Crippen LogP contribution < -0.4 is 21.1 Å². The van der Waals surface area contributed by atoms with E-state index in [0.717, 1.165) is 25.7 Å². The fourth-order valence-electron chi connectivity index (χ4n) is 2.86. The molecule has 1 fully saturated rings. The zero-order chi connectivity index (χ0) is 18.4. The summed E-state index contributed by atoms with van der Waals surface area (Å²) < 4.78 is 5.28. The Kier molecular flexibility index (Phi) is 6.64. The molecule has 1 saturated carbocycles. The SMILES string of the molecule is C[C@@H]1CCCC[C@@H]1NC(=O)NC(=O)COc1ccc(Cl)cc1C(N)=O. The van der Waals surface area contributed by atoms with E-state index in [-0.39, 0.29) is 17.4 Å². The molecule has 0 unspecified atom stereocenters. The normalized spacial score (nSPS) is 19.8.